The molecule has 24 heavy (non-hydrogen) atoms. The number of aromatic nitrogens is 2. The number of carbonyl (C=O) groups excluding carboxylic acids is 1. The summed E-state index contributed by atoms with van der Waals surface area (Å²) < 4.78 is 39.7. The summed E-state index contributed by atoms with van der Waals surface area (Å²) >= 11 is 6.05. The van der Waals surface area contributed by atoms with Gasteiger partial charge in [0.05, 0.1) is 34.7 Å². The molecule has 0 bridgehead atoms. The first-order valence-corrected chi connectivity index (χ1v) is 7.37. The minimum absolute atomic E-state index is 0.135. The van der Waals surface area contributed by atoms with E-state index >= 15 is 0 Å². The number of hydrogen-bond acceptors (Lipinski definition) is 2. The zero-order valence-electron chi connectivity index (χ0n) is 13.3. The van der Waals surface area contributed by atoms with E-state index < -0.39 is 17.8 Å². The van der Waals surface area contributed by atoms with Crippen LogP contribution in [0.1, 0.15) is 22.4 Å². The van der Waals surface area contributed by atoms with Gasteiger partial charge in [-0.3, -0.25) is 4.68 Å². The van der Waals surface area contributed by atoms with Crippen molar-refractivity contribution in [1.82, 2.24) is 15.1 Å². The lowest BCUT2D eigenvalue weighted by molar-refractivity contribution is -0.138. The normalized spacial score (nSPS) is 11.5. The number of rotatable bonds is 3. The second-order valence-corrected chi connectivity index (χ2v) is 5.71. The highest BCUT2D eigenvalue weighted by Crippen LogP contribution is 2.31. The Morgan fingerprint density at radius 3 is 2.62 bits per heavy atom. The third kappa shape index (κ3) is 3.81. The molecule has 0 radical (unpaired) electrons. The molecule has 130 valence electrons. The van der Waals surface area contributed by atoms with Gasteiger partial charge in [-0.05, 0) is 31.0 Å². The number of aryl methyl sites for hydroxylation is 2. The molecule has 2 rings (SSSR count). The third-order valence-electron chi connectivity index (χ3n) is 3.71. The molecule has 9 heteroatoms. The first-order chi connectivity index (χ1) is 11.1. The first kappa shape index (κ1) is 18.1. The van der Waals surface area contributed by atoms with E-state index in [4.69, 9.17) is 11.6 Å². The van der Waals surface area contributed by atoms with E-state index in [1.807, 2.05) is 13.0 Å². The highest BCUT2D eigenvalue weighted by molar-refractivity contribution is 6.34. The second-order valence-electron chi connectivity index (χ2n) is 5.30. The Bertz CT molecular complexity index is 771. The summed E-state index contributed by atoms with van der Waals surface area (Å²) in [5.41, 5.74) is 1.13. The van der Waals surface area contributed by atoms with Gasteiger partial charge < -0.3 is 10.6 Å². The fourth-order valence-electron chi connectivity index (χ4n) is 2.17. The number of amides is 2. The van der Waals surface area contributed by atoms with Crippen LogP contribution in [0.4, 0.5) is 23.7 Å². The Kier molecular flexibility index (Phi) is 5.08. The van der Waals surface area contributed by atoms with Crippen molar-refractivity contribution in [1.29, 1.82) is 0 Å². The van der Waals surface area contributed by atoms with Gasteiger partial charge in [0.1, 0.15) is 0 Å². The van der Waals surface area contributed by atoms with Gasteiger partial charge >= 0.3 is 12.2 Å². The minimum atomic E-state index is -4.53. The Morgan fingerprint density at radius 2 is 2.00 bits per heavy atom. The lowest BCUT2D eigenvalue weighted by Gasteiger charge is -2.14. The number of benzene rings is 1. The fraction of sp³-hybridized carbons (Fsp3) is 0.333. The van der Waals surface area contributed by atoms with Gasteiger partial charge in [-0.15, -0.1) is 0 Å². The highest BCUT2D eigenvalue weighted by atomic mass is 35.5. The summed E-state index contributed by atoms with van der Waals surface area (Å²) in [6.45, 7) is 3.33. The number of carbonyl (C=O) groups is 1. The van der Waals surface area contributed by atoms with Crippen LogP contribution >= 0.6 is 11.6 Å². The maximum absolute atomic E-state index is 12.9. The number of hydrogen-bond donors (Lipinski definition) is 2. The number of alkyl halides is 3. The molecule has 0 aliphatic heterocycles. The number of urea groups is 1. The molecule has 0 aliphatic rings. The fourth-order valence-corrected chi connectivity index (χ4v) is 2.42. The van der Waals surface area contributed by atoms with E-state index in [9.17, 15) is 18.0 Å². The SMILES string of the molecule is Cc1ccc(Cl)c(NC(=O)NCc2c(C(F)(F)F)cnn2C)c1C. The second kappa shape index (κ2) is 6.72. The van der Waals surface area contributed by atoms with E-state index in [2.05, 4.69) is 15.7 Å². The number of nitrogens with zero attached hydrogens (tertiary/aromatic N) is 2. The smallest absolute Gasteiger partial charge is 0.332 e. The van der Waals surface area contributed by atoms with Crippen LogP contribution in [0, 0.1) is 13.8 Å². The monoisotopic (exact) mass is 360 g/mol. The molecule has 1 aromatic carbocycles. The van der Waals surface area contributed by atoms with Crippen LogP contribution in [0.25, 0.3) is 0 Å². The van der Waals surface area contributed by atoms with Crippen molar-refractivity contribution >= 4 is 23.3 Å². The van der Waals surface area contributed by atoms with E-state index in [1.54, 1.807) is 13.0 Å². The van der Waals surface area contributed by atoms with E-state index in [0.717, 1.165) is 22.0 Å². The molecule has 2 aromatic rings. The zero-order valence-corrected chi connectivity index (χ0v) is 14.0. The molecule has 0 spiro atoms. The molecule has 0 atom stereocenters. The predicted molar refractivity (Wildman–Crippen MR) is 85.0 cm³/mol. The average Bonchev–Trinajstić information content (AvgIpc) is 2.86. The van der Waals surface area contributed by atoms with Crippen molar-refractivity contribution in [2.75, 3.05) is 5.32 Å². The average molecular weight is 361 g/mol. The molecule has 1 aromatic heterocycles. The van der Waals surface area contributed by atoms with Crippen LogP contribution in [-0.2, 0) is 19.8 Å². The lowest BCUT2D eigenvalue weighted by atomic mass is 10.1. The highest BCUT2D eigenvalue weighted by Gasteiger charge is 2.35. The van der Waals surface area contributed by atoms with Crippen molar-refractivity contribution in [3.8, 4) is 0 Å². The van der Waals surface area contributed by atoms with Crippen LogP contribution in [0.15, 0.2) is 18.3 Å². The number of anilines is 1. The van der Waals surface area contributed by atoms with E-state index in [0.29, 0.717) is 10.7 Å². The summed E-state index contributed by atoms with van der Waals surface area (Å²) in [7, 11) is 1.38. The molecule has 2 amide bonds. The van der Waals surface area contributed by atoms with Crippen molar-refractivity contribution in [3.63, 3.8) is 0 Å². The van der Waals surface area contributed by atoms with Crippen LogP contribution in [-0.4, -0.2) is 15.8 Å². The quantitative estimate of drug-likeness (QED) is 0.868. The van der Waals surface area contributed by atoms with Crippen LogP contribution in [0.2, 0.25) is 5.02 Å². The molecule has 0 saturated carbocycles. The minimum Gasteiger partial charge on any atom is -0.332 e. The Labute approximate surface area is 141 Å². The molecular weight excluding hydrogens is 345 g/mol. The maximum Gasteiger partial charge on any atom is 0.419 e. The zero-order chi connectivity index (χ0) is 18.1. The molecule has 2 N–H and O–H groups in total. The lowest BCUT2D eigenvalue weighted by Crippen LogP contribution is -2.30. The van der Waals surface area contributed by atoms with Crippen LogP contribution in [0.5, 0.6) is 0 Å². The predicted octanol–water partition coefficient (Wildman–Crippen LogP) is 4.03. The van der Waals surface area contributed by atoms with Gasteiger partial charge in [-0.1, -0.05) is 17.7 Å². The van der Waals surface area contributed by atoms with Crippen LogP contribution in [0.3, 0.4) is 0 Å². The molecule has 5 nitrogen and oxygen atoms in total. The van der Waals surface area contributed by atoms with Crippen molar-refractivity contribution in [2.24, 2.45) is 7.05 Å². The molecule has 0 saturated heterocycles. The van der Waals surface area contributed by atoms with Crippen molar-refractivity contribution in [3.05, 3.63) is 45.7 Å². The van der Waals surface area contributed by atoms with Crippen molar-refractivity contribution < 1.29 is 18.0 Å². The summed E-state index contributed by atoms with van der Waals surface area (Å²) in [4.78, 5) is 12.0. The summed E-state index contributed by atoms with van der Waals surface area (Å²) in [6, 6.07) is 2.80. The molecular formula is C15H16ClF3N4O. The van der Waals surface area contributed by atoms with Gasteiger partial charge in [0, 0.05) is 7.05 Å². The summed E-state index contributed by atoms with van der Waals surface area (Å²) in [5, 5.41) is 8.90. The maximum atomic E-state index is 12.9. The number of nitrogens with one attached hydrogen (secondary N) is 2. The van der Waals surface area contributed by atoms with Gasteiger partial charge in [-0.25, -0.2) is 4.79 Å². The molecule has 1 heterocycles. The number of halogens is 4. The largest absolute Gasteiger partial charge is 0.419 e. The van der Waals surface area contributed by atoms with Gasteiger partial charge in [0.15, 0.2) is 0 Å². The van der Waals surface area contributed by atoms with Crippen molar-refractivity contribution in [2.45, 2.75) is 26.6 Å². The van der Waals surface area contributed by atoms with Gasteiger partial charge in [-0.2, -0.15) is 18.3 Å². The Balaban J connectivity index is 2.11. The van der Waals surface area contributed by atoms with Crippen LogP contribution < -0.4 is 10.6 Å². The molecule has 0 unspecified atom stereocenters. The first-order valence-electron chi connectivity index (χ1n) is 7.00. The van der Waals surface area contributed by atoms with E-state index in [-0.39, 0.29) is 12.2 Å². The van der Waals surface area contributed by atoms with Gasteiger partial charge in [0.25, 0.3) is 0 Å². The summed E-state index contributed by atoms with van der Waals surface area (Å²) in [6.07, 6.45) is -3.80. The van der Waals surface area contributed by atoms with Gasteiger partial charge in [0.2, 0.25) is 0 Å². The molecule has 0 aliphatic carbocycles. The molecule has 0 fully saturated rings. The standard InChI is InChI=1S/C15H16ClF3N4O/c1-8-4-5-11(16)13(9(8)2)22-14(24)20-7-12-10(15(17,18)19)6-21-23(12)3/h4-6H,7H2,1-3H3,(H2,20,22,24). The summed E-state index contributed by atoms with van der Waals surface area (Å²) in [5.74, 6) is 0. The van der Waals surface area contributed by atoms with E-state index in [1.165, 1.54) is 7.05 Å². The Morgan fingerprint density at radius 1 is 1.33 bits per heavy atom. The third-order valence-corrected chi connectivity index (χ3v) is 4.02. The topological polar surface area (TPSA) is 59.0 Å². The Hall–Kier alpha value is -2.22.